The molecule has 0 aliphatic rings. The van der Waals surface area contributed by atoms with E-state index in [4.69, 9.17) is 11.6 Å². The van der Waals surface area contributed by atoms with Gasteiger partial charge in [0.15, 0.2) is 0 Å². The molecule has 0 atom stereocenters. The van der Waals surface area contributed by atoms with Crippen molar-refractivity contribution in [2.24, 2.45) is 0 Å². The van der Waals surface area contributed by atoms with Crippen LogP contribution in [0.1, 0.15) is 21.6 Å². The summed E-state index contributed by atoms with van der Waals surface area (Å²) in [6, 6.07) is 6.36. The summed E-state index contributed by atoms with van der Waals surface area (Å²) in [5.41, 5.74) is 2.46. The van der Waals surface area contributed by atoms with E-state index < -0.39 is 0 Å². The van der Waals surface area contributed by atoms with Crippen molar-refractivity contribution in [2.75, 3.05) is 5.32 Å². The van der Waals surface area contributed by atoms with Crippen molar-refractivity contribution in [1.29, 1.82) is 0 Å². The lowest BCUT2D eigenvalue weighted by molar-refractivity contribution is 0.102. The fraction of sp³-hybridized carbons (Fsp3) is 0.143. The Hall–Kier alpha value is -2.07. The first-order valence-corrected chi connectivity index (χ1v) is 6.08. The highest BCUT2D eigenvalue weighted by atomic mass is 35.5. The molecule has 0 radical (unpaired) electrons. The number of carbonyl (C=O) groups is 1. The monoisotopic (exact) mass is 276 g/mol. The van der Waals surface area contributed by atoms with E-state index in [1.54, 1.807) is 32.0 Å². The van der Waals surface area contributed by atoms with Gasteiger partial charge < -0.3 is 10.4 Å². The molecule has 98 valence electrons. The first-order valence-electron chi connectivity index (χ1n) is 5.70. The van der Waals surface area contributed by atoms with Gasteiger partial charge in [-0.3, -0.25) is 9.78 Å². The van der Waals surface area contributed by atoms with Gasteiger partial charge >= 0.3 is 0 Å². The largest absolute Gasteiger partial charge is 0.508 e. The van der Waals surface area contributed by atoms with Crippen molar-refractivity contribution in [1.82, 2.24) is 4.98 Å². The molecular weight excluding hydrogens is 264 g/mol. The molecule has 2 N–H and O–H groups in total. The zero-order valence-electron chi connectivity index (χ0n) is 10.6. The number of benzene rings is 1. The number of phenolic OH excluding ortho intramolecular Hbond substituents is 1. The molecule has 19 heavy (non-hydrogen) atoms. The summed E-state index contributed by atoms with van der Waals surface area (Å²) in [5.74, 6) is -0.170. The van der Waals surface area contributed by atoms with Gasteiger partial charge in [-0.05, 0) is 43.7 Å². The number of hydrogen-bond donors (Lipinski definition) is 2. The molecule has 1 amide bonds. The van der Waals surface area contributed by atoms with Crippen LogP contribution in [0.5, 0.6) is 5.75 Å². The molecule has 1 heterocycles. The quantitative estimate of drug-likeness (QED) is 0.827. The molecule has 2 rings (SSSR count). The predicted octanol–water partition coefficient (Wildman–Crippen LogP) is 3.31. The second kappa shape index (κ2) is 5.28. The molecule has 0 bridgehead atoms. The Morgan fingerprint density at radius 2 is 2.05 bits per heavy atom. The van der Waals surface area contributed by atoms with Crippen LogP contribution in [-0.4, -0.2) is 16.0 Å². The maximum absolute atomic E-state index is 12.1. The van der Waals surface area contributed by atoms with Crippen LogP contribution in [0.25, 0.3) is 0 Å². The number of halogens is 1. The van der Waals surface area contributed by atoms with Crippen molar-refractivity contribution in [3.05, 3.63) is 52.3 Å². The number of aromatic hydroxyl groups is 1. The molecule has 4 nitrogen and oxygen atoms in total. The van der Waals surface area contributed by atoms with E-state index in [1.165, 1.54) is 12.3 Å². The van der Waals surface area contributed by atoms with E-state index in [2.05, 4.69) is 10.3 Å². The van der Waals surface area contributed by atoms with Gasteiger partial charge in [0.05, 0.1) is 10.6 Å². The molecule has 2 aromatic rings. The minimum absolute atomic E-state index is 0.158. The zero-order chi connectivity index (χ0) is 14.0. The molecule has 0 aliphatic heterocycles. The Morgan fingerprint density at radius 3 is 2.68 bits per heavy atom. The molecule has 0 spiro atoms. The number of rotatable bonds is 2. The molecule has 1 aromatic heterocycles. The van der Waals surface area contributed by atoms with Crippen LogP contribution in [0.3, 0.4) is 0 Å². The van der Waals surface area contributed by atoms with Gasteiger partial charge in [0, 0.05) is 17.6 Å². The van der Waals surface area contributed by atoms with Crippen LogP contribution in [-0.2, 0) is 0 Å². The summed E-state index contributed by atoms with van der Waals surface area (Å²) in [5, 5.41) is 12.4. The molecule has 0 unspecified atom stereocenters. The number of amides is 1. The number of aromatic nitrogens is 1. The first kappa shape index (κ1) is 13.4. The number of pyridine rings is 1. The van der Waals surface area contributed by atoms with Gasteiger partial charge in [-0.2, -0.15) is 0 Å². The van der Waals surface area contributed by atoms with E-state index in [1.807, 2.05) is 0 Å². The van der Waals surface area contributed by atoms with Crippen molar-refractivity contribution in [3.8, 4) is 5.75 Å². The average molecular weight is 277 g/mol. The second-order valence-corrected chi connectivity index (χ2v) is 4.67. The minimum Gasteiger partial charge on any atom is -0.508 e. The third-order valence-corrected chi connectivity index (χ3v) is 3.01. The van der Waals surface area contributed by atoms with Crippen molar-refractivity contribution in [3.63, 3.8) is 0 Å². The number of nitrogens with zero attached hydrogens (tertiary/aromatic N) is 1. The highest BCUT2D eigenvalue weighted by Gasteiger charge is 2.12. The van der Waals surface area contributed by atoms with Crippen LogP contribution in [0.4, 0.5) is 5.69 Å². The van der Waals surface area contributed by atoms with Gasteiger partial charge in [-0.25, -0.2) is 0 Å². The number of carbonyl (C=O) groups excluding carboxylic acids is 1. The number of phenols is 1. The first-order chi connectivity index (χ1) is 8.97. The van der Waals surface area contributed by atoms with Gasteiger partial charge in [0.25, 0.3) is 5.91 Å². The van der Waals surface area contributed by atoms with Crippen LogP contribution < -0.4 is 5.32 Å². The normalized spacial score (nSPS) is 10.3. The summed E-state index contributed by atoms with van der Waals surface area (Å²) in [7, 11) is 0. The average Bonchev–Trinajstić information content (AvgIpc) is 2.32. The molecule has 0 saturated heterocycles. The summed E-state index contributed by atoms with van der Waals surface area (Å²) < 4.78 is 0. The minimum atomic E-state index is -0.328. The molecular formula is C14H13ClN2O2. The lowest BCUT2D eigenvalue weighted by Gasteiger charge is -2.09. The zero-order valence-corrected chi connectivity index (χ0v) is 11.3. The summed E-state index contributed by atoms with van der Waals surface area (Å²) in [4.78, 5) is 16.1. The van der Waals surface area contributed by atoms with Crippen molar-refractivity contribution < 1.29 is 9.90 Å². The third kappa shape index (κ3) is 3.03. The highest BCUT2D eigenvalue weighted by Crippen LogP contribution is 2.22. The topological polar surface area (TPSA) is 62.2 Å². The number of anilines is 1. The van der Waals surface area contributed by atoms with Crippen LogP contribution in [0.2, 0.25) is 5.02 Å². The number of hydrogen-bond acceptors (Lipinski definition) is 3. The maximum Gasteiger partial charge on any atom is 0.258 e. The van der Waals surface area contributed by atoms with E-state index in [0.717, 1.165) is 11.3 Å². The van der Waals surface area contributed by atoms with Gasteiger partial charge in [0.1, 0.15) is 5.75 Å². The van der Waals surface area contributed by atoms with Crippen molar-refractivity contribution >= 4 is 23.2 Å². The lowest BCUT2D eigenvalue weighted by Crippen LogP contribution is -2.13. The van der Waals surface area contributed by atoms with E-state index in [-0.39, 0.29) is 11.7 Å². The standard InChI is InChI=1S/C14H13ClN2O2/c1-8-5-10(18)3-4-13(8)17-14(19)11-7-16-9(2)6-12(11)15/h3-7,18H,1-2H3,(H,17,19). The molecule has 0 aliphatic carbocycles. The number of aryl methyl sites for hydroxylation is 2. The fourth-order valence-corrected chi connectivity index (χ4v) is 1.96. The summed E-state index contributed by atoms with van der Waals surface area (Å²) >= 11 is 6.01. The predicted molar refractivity (Wildman–Crippen MR) is 74.8 cm³/mol. The lowest BCUT2D eigenvalue weighted by atomic mass is 10.1. The maximum atomic E-state index is 12.1. The SMILES string of the molecule is Cc1cc(Cl)c(C(=O)Nc2ccc(O)cc2C)cn1. The Bertz CT molecular complexity index is 641. The van der Waals surface area contributed by atoms with Gasteiger partial charge in [0.2, 0.25) is 0 Å². The summed E-state index contributed by atoms with van der Waals surface area (Å²) in [6.45, 7) is 3.60. The molecule has 0 saturated carbocycles. The van der Waals surface area contributed by atoms with E-state index in [9.17, 15) is 9.90 Å². The second-order valence-electron chi connectivity index (χ2n) is 4.26. The Morgan fingerprint density at radius 1 is 1.32 bits per heavy atom. The van der Waals surface area contributed by atoms with Crippen LogP contribution >= 0.6 is 11.6 Å². The van der Waals surface area contributed by atoms with E-state index in [0.29, 0.717) is 16.3 Å². The van der Waals surface area contributed by atoms with Crippen LogP contribution in [0.15, 0.2) is 30.5 Å². The Kier molecular flexibility index (Phi) is 3.71. The molecule has 1 aromatic carbocycles. The van der Waals surface area contributed by atoms with Gasteiger partial charge in [-0.15, -0.1) is 0 Å². The smallest absolute Gasteiger partial charge is 0.258 e. The van der Waals surface area contributed by atoms with Crippen LogP contribution in [0, 0.1) is 13.8 Å². The molecule has 5 heteroatoms. The Labute approximate surface area is 116 Å². The third-order valence-electron chi connectivity index (χ3n) is 2.69. The van der Waals surface area contributed by atoms with E-state index >= 15 is 0 Å². The highest BCUT2D eigenvalue weighted by molar-refractivity contribution is 6.34. The number of nitrogens with one attached hydrogen (secondary N) is 1. The Balaban J connectivity index is 2.25. The summed E-state index contributed by atoms with van der Waals surface area (Å²) in [6.07, 6.45) is 1.45. The fourth-order valence-electron chi connectivity index (χ4n) is 1.67. The molecule has 0 fully saturated rings. The van der Waals surface area contributed by atoms with Crippen molar-refractivity contribution in [2.45, 2.75) is 13.8 Å². The van der Waals surface area contributed by atoms with Gasteiger partial charge in [-0.1, -0.05) is 11.6 Å².